The van der Waals surface area contributed by atoms with Gasteiger partial charge in [-0.15, -0.1) is 0 Å². The molecule has 0 spiro atoms. The fourth-order valence-corrected chi connectivity index (χ4v) is 3.72. The van der Waals surface area contributed by atoms with E-state index in [9.17, 15) is 0 Å². The van der Waals surface area contributed by atoms with Crippen molar-refractivity contribution in [3.8, 4) is 17.1 Å². The van der Waals surface area contributed by atoms with Crippen LogP contribution in [0.4, 0.5) is 0 Å². The SMILES string of the molecule is c1ccc(COc2ccccc2-c2nc3ccccc3n2Cc2ccccc2)cc1. The van der Waals surface area contributed by atoms with Crippen molar-refractivity contribution in [2.24, 2.45) is 0 Å². The Morgan fingerprint density at radius 2 is 1.27 bits per heavy atom. The Kier molecular flexibility index (Phi) is 5.01. The first-order valence-electron chi connectivity index (χ1n) is 10.1. The highest BCUT2D eigenvalue weighted by atomic mass is 16.5. The lowest BCUT2D eigenvalue weighted by molar-refractivity contribution is 0.307. The van der Waals surface area contributed by atoms with E-state index in [1.807, 2.05) is 48.5 Å². The van der Waals surface area contributed by atoms with E-state index in [2.05, 4.69) is 65.2 Å². The van der Waals surface area contributed by atoms with Crippen molar-refractivity contribution >= 4 is 11.0 Å². The molecule has 4 aromatic carbocycles. The second-order valence-corrected chi connectivity index (χ2v) is 7.27. The summed E-state index contributed by atoms with van der Waals surface area (Å²) < 4.78 is 8.50. The Morgan fingerprint density at radius 1 is 0.633 bits per heavy atom. The summed E-state index contributed by atoms with van der Waals surface area (Å²) in [5.41, 5.74) is 5.49. The molecular weight excluding hydrogens is 368 g/mol. The Morgan fingerprint density at radius 3 is 2.07 bits per heavy atom. The summed E-state index contributed by atoms with van der Waals surface area (Å²) >= 11 is 0. The van der Waals surface area contributed by atoms with Gasteiger partial charge in [0, 0.05) is 6.54 Å². The molecule has 0 unspecified atom stereocenters. The van der Waals surface area contributed by atoms with Crippen molar-refractivity contribution in [2.45, 2.75) is 13.2 Å². The van der Waals surface area contributed by atoms with Gasteiger partial charge in [-0.05, 0) is 35.4 Å². The minimum atomic E-state index is 0.525. The van der Waals surface area contributed by atoms with Crippen LogP contribution in [-0.4, -0.2) is 9.55 Å². The Hall–Kier alpha value is -3.85. The average Bonchev–Trinajstić information content (AvgIpc) is 3.17. The number of hydrogen-bond acceptors (Lipinski definition) is 2. The Bertz CT molecular complexity index is 1260. The molecule has 0 aliphatic carbocycles. The molecule has 30 heavy (non-hydrogen) atoms. The first-order valence-corrected chi connectivity index (χ1v) is 10.1. The predicted molar refractivity (Wildman–Crippen MR) is 121 cm³/mol. The molecule has 3 nitrogen and oxygen atoms in total. The minimum Gasteiger partial charge on any atom is -0.488 e. The molecular formula is C27H22N2O. The van der Waals surface area contributed by atoms with Crippen LogP contribution in [0.15, 0.2) is 109 Å². The quantitative estimate of drug-likeness (QED) is 0.339. The van der Waals surface area contributed by atoms with E-state index in [4.69, 9.17) is 9.72 Å². The van der Waals surface area contributed by atoms with Gasteiger partial charge < -0.3 is 9.30 Å². The number of fused-ring (bicyclic) bond motifs is 1. The van der Waals surface area contributed by atoms with Crippen LogP contribution in [0.5, 0.6) is 5.75 Å². The zero-order valence-electron chi connectivity index (χ0n) is 16.6. The fraction of sp³-hybridized carbons (Fsp3) is 0.0741. The normalized spacial score (nSPS) is 10.9. The lowest BCUT2D eigenvalue weighted by Crippen LogP contribution is -2.04. The van der Waals surface area contributed by atoms with Gasteiger partial charge in [0.25, 0.3) is 0 Å². The summed E-state index contributed by atoms with van der Waals surface area (Å²) in [4.78, 5) is 4.98. The number of aromatic nitrogens is 2. The van der Waals surface area contributed by atoms with Crippen LogP contribution in [0.3, 0.4) is 0 Å². The maximum atomic E-state index is 6.23. The summed E-state index contributed by atoms with van der Waals surface area (Å²) in [6.45, 7) is 1.28. The third-order valence-electron chi connectivity index (χ3n) is 5.20. The van der Waals surface area contributed by atoms with E-state index < -0.39 is 0 Å². The van der Waals surface area contributed by atoms with Gasteiger partial charge in [-0.25, -0.2) is 4.98 Å². The highest BCUT2D eigenvalue weighted by molar-refractivity contribution is 5.82. The molecule has 0 aliphatic rings. The molecule has 0 N–H and O–H groups in total. The molecule has 0 saturated heterocycles. The largest absolute Gasteiger partial charge is 0.488 e. The van der Waals surface area contributed by atoms with Crippen molar-refractivity contribution in [2.75, 3.05) is 0 Å². The lowest BCUT2D eigenvalue weighted by Gasteiger charge is -2.14. The van der Waals surface area contributed by atoms with Gasteiger partial charge in [0.05, 0.1) is 16.6 Å². The van der Waals surface area contributed by atoms with Gasteiger partial charge in [-0.2, -0.15) is 0 Å². The van der Waals surface area contributed by atoms with Crippen LogP contribution in [0.1, 0.15) is 11.1 Å². The van der Waals surface area contributed by atoms with Crippen molar-refractivity contribution in [3.63, 3.8) is 0 Å². The van der Waals surface area contributed by atoms with Crippen LogP contribution < -0.4 is 4.74 Å². The number of rotatable bonds is 6. The molecule has 3 heteroatoms. The smallest absolute Gasteiger partial charge is 0.145 e. The molecule has 1 aromatic heterocycles. The number of hydrogen-bond donors (Lipinski definition) is 0. The molecule has 146 valence electrons. The van der Waals surface area contributed by atoms with Gasteiger partial charge in [0.15, 0.2) is 0 Å². The van der Waals surface area contributed by atoms with E-state index in [1.165, 1.54) is 5.56 Å². The zero-order valence-corrected chi connectivity index (χ0v) is 16.6. The maximum absolute atomic E-state index is 6.23. The van der Waals surface area contributed by atoms with Crippen LogP contribution in [-0.2, 0) is 13.2 Å². The highest BCUT2D eigenvalue weighted by Gasteiger charge is 2.16. The van der Waals surface area contributed by atoms with Crippen LogP contribution in [0.25, 0.3) is 22.4 Å². The number of ether oxygens (including phenoxy) is 1. The third kappa shape index (κ3) is 3.70. The minimum absolute atomic E-state index is 0.525. The van der Waals surface area contributed by atoms with E-state index in [0.717, 1.165) is 40.3 Å². The first kappa shape index (κ1) is 18.2. The summed E-state index contributed by atoms with van der Waals surface area (Å²) in [7, 11) is 0. The molecule has 0 radical (unpaired) electrons. The van der Waals surface area contributed by atoms with Crippen LogP contribution >= 0.6 is 0 Å². The molecule has 0 bridgehead atoms. The molecule has 5 rings (SSSR count). The van der Waals surface area contributed by atoms with Gasteiger partial charge in [-0.1, -0.05) is 84.9 Å². The number of benzene rings is 4. The van der Waals surface area contributed by atoms with Gasteiger partial charge in [-0.3, -0.25) is 0 Å². The predicted octanol–water partition coefficient (Wildman–Crippen LogP) is 6.33. The standard InChI is InChI=1S/C27H22N2O/c1-3-11-21(12-4-1)19-29-25-17-9-8-16-24(25)28-27(29)23-15-7-10-18-26(23)30-20-22-13-5-2-6-14-22/h1-18H,19-20H2. The Balaban J connectivity index is 1.57. The lowest BCUT2D eigenvalue weighted by atomic mass is 10.1. The molecule has 5 aromatic rings. The topological polar surface area (TPSA) is 27.1 Å². The number of para-hydroxylation sites is 3. The second kappa shape index (κ2) is 8.26. The van der Waals surface area contributed by atoms with Gasteiger partial charge >= 0.3 is 0 Å². The van der Waals surface area contributed by atoms with Gasteiger partial charge in [0.2, 0.25) is 0 Å². The molecule has 0 atom stereocenters. The first-order chi connectivity index (χ1) is 14.9. The summed E-state index contributed by atoms with van der Waals surface area (Å²) in [6.07, 6.45) is 0. The molecule has 0 saturated carbocycles. The Labute approximate surface area is 176 Å². The number of nitrogens with zero attached hydrogens (tertiary/aromatic N) is 2. The van der Waals surface area contributed by atoms with E-state index in [-0.39, 0.29) is 0 Å². The van der Waals surface area contributed by atoms with E-state index in [1.54, 1.807) is 0 Å². The van der Waals surface area contributed by atoms with E-state index in [0.29, 0.717) is 6.61 Å². The zero-order chi connectivity index (χ0) is 20.2. The summed E-state index contributed by atoms with van der Waals surface area (Å²) in [6, 6.07) is 37.2. The molecule has 0 aliphatic heterocycles. The van der Waals surface area contributed by atoms with Crippen molar-refractivity contribution in [3.05, 3.63) is 120 Å². The summed E-state index contributed by atoms with van der Waals surface area (Å²) in [5, 5.41) is 0. The highest BCUT2D eigenvalue weighted by Crippen LogP contribution is 2.33. The number of imidazole rings is 1. The fourth-order valence-electron chi connectivity index (χ4n) is 3.72. The summed E-state index contributed by atoms with van der Waals surface area (Å²) in [5.74, 6) is 1.76. The second-order valence-electron chi connectivity index (χ2n) is 7.27. The van der Waals surface area contributed by atoms with Gasteiger partial charge in [0.1, 0.15) is 18.2 Å². The third-order valence-corrected chi connectivity index (χ3v) is 5.20. The van der Waals surface area contributed by atoms with Crippen molar-refractivity contribution in [1.29, 1.82) is 0 Å². The van der Waals surface area contributed by atoms with Crippen molar-refractivity contribution < 1.29 is 4.74 Å². The maximum Gasteiger partial charge on any atom is 0.145 e. The van der Waals surface area contributed by atoms with Crippen LogP contribution in [0.2, 0.25) is 0 Å². The van der Waals surface area contributed by atoms with Crippen LogP contribution in [0, 0.1) is 0 Å². The molecule has 0 amide bonds. The van der Waals surface area contributed by atoms with Crippen molar-refractivity contribution in [1.82, 2.24) is 9.55 Å². The molecule has 1 heterocycles. The average molecular weight is 390 g/mol. The molecule has 0 fully saturated rings. The monoisotopic (exact) mass is 390 g/mol. The van der Waals surface area contributed by atoms with E-state index >= 15 is 0 Å².